The number of benzene rings is 2. The molecule has 0 saturated carbocycles. The van der Waals surface area contributed by atoms with Gasteiger partial charge in [0.1, 0.15) is 11.4 Å². The van der Waals surface area contributed by atoms with Crippen LogP contribution in [0.5, 0.6) is 0 Å². The number of ether oxygens (including phenoxy) is 1. The van der Waals surface area contributed by atoms with Crippen LogP contribution in [0.2, 0.25) is 0 Å². The Bertz CT molecular complexity index is 1010. The standard InChI is InChI=1S/C22H21FN2O4/c1-12-8-10-13(11-9-12)18-16-17(22(2,24-18)21(28)29-3)20(27)25(19(16)26)15-7-5-4-6-14(15)23/h4-11,16-18,24H,1-3H3/t16-,17+,18-,22+/m1/s1. The number of anilines is 1. The van der Waals surface area contributed by atoms with E-state index < -0.39 is 47.0 Å². The maximum absolute atomic E-state index is 14.4. The summed E-state index contributed by atoms with van der Waals surface area (Å²) in [5, 5.41) is 3.17. The molecule has 6 nitrogen and oxygen atoms in total. The molecule has 2 aliphatic rings. The minimum absolute atomic E-state index is 0.105. The maximum Gasteiger partial charge on any atom is 0.326 e. The summed E-state index contributed by atoms with van der Waals surface area (Å²) in [6, 6.07) is 12.5. The molecule has 0 bridgehead atoms. The van der Waals surface area contributed by atoms with E-state index in [1.807, 2.05) is 31.2 Å². The Labute approximate surface area is 167 Å². The summed E-state index contributed by atoms with van der Waals surface area (Å²) < 4.78 is 19.3. The lowest BCUT2D eigenvalue weighted by Crippen LogP contribution is -2.54. The Hall–Kier alpha value is -3.06. The molecule has 1 N–H and O–H groups in total. The third-order valence-electron chi connectivity index (χ3n) is 5.93. The van der Waals surface area contributed by atoms with Gasteiger partial charge in [-0.15, -0.1) is 0 Å². The summed E-state index contributed by atoms with van der Waals surface area (Å²) in [6.45, 7) is 3.50. The van der Waals surface area contributed by atoms with E-state index in [9.17, 15) is 18.8 Å². The zero-order valence-corrected chi connectivity index (χ0v) is 16.3. The summed E-state index contributed by atoms with van der Waals surface area (Å²) in [5.41, 5.74) is 0.296. The fourth-order valence-corrected chi connectivity index (χ4v) is 4.47. The van der Waals surface area contributed by atoms with Crippen molar-refractivity contribution in [2.45, 2.75) is 25.4 Å². The SMILES string of the molecule is COC(=O)[C@@]1(C)N[C@H](c2ccc(C)cc2)[C@@H]2C(=O)N(c3ccccc3F)C(=O)[C@H]21. The molecule has 29 heavy (non-hydrogen) atoms. The highest BCUT2D eigenvalue weighted by Crippen LogP contribution is 2.50. The van der Waals surface area contributed by atoms with Crippen molar-refractivity contribution in [3.05, 3.63) is 65.5 Å². The number of nitrogens with one attached hydrogen (secondary N) is 1. The number of nitrogens with zero attached hydrogens (tertiary/aromatic N) is 1. The van der Waals surface area contributed by atoms with E-state index in [-0.39, 0.29) is 5.69 Å². The van der Waals surface area contributed by atoms with Crippen molar-refractivity contribution in [1.29, 1.82) is 0 Å². The molecule has 4 rings (SSSR count). The van der Waals surface area contributed by atoms with Crippen LogP contribution in [0.15, 0.2) is 48.5 Å². The number of methoxy groups -OCH3 is 1. The summed E-state index contributed by atoms with van der Waals surface area (Å²) in [7, 11) is 1.24. The van der Waals surface area contributed by atoms with E-state index in [0.717, 1.165) is 16.0 Å². The zero-order chi connectivity index (χ0) is 20.9. The van der Waals surface area contributed by atoms with Gasteiger partial charge in [-0.3, -0.25) is 19.7 Å². The lowest BCUT2D eigenvalue weighted by Gasteiger charge is -2.28. The smallest absolute Gasteiger partial charge is 0.326 e. The van der Waals surface area contributed by atoms with Crippen molar-refractivity contribution in [3.63, 3.8) is 0 Å². The highest BCUT2D eigenvalue weighted by molar-refractivity contribution is 6.24. The number of carbonyl (C=O) groups excluding carboxylic acids is 3. The topological polar surface area (TPSA) is 75.7 Å². The number of carbonyl (C=O) groups is 3. The van der Waals surface area contributed by atoms with Gasteiger partial charge in [-0.25, -0.2) is 9.29 Å². The van der Waals surface area contributed by atoms with E-state index in [0.29, 0.717) is 0 Å². The van der Waals surface area contributed by atoms with Crippen molar-refractivity contribution in [2.24, 2.45) is 11.8 Å². The molecule has 0 radical (unpaired) electrons. The predicted octanol–water partition coefficient (Wildman–Crippen LogP) is 2.52. The van der Waals surface area contributed by atoms with Gasteiger partial charge in [0.25, 0.3) is 0 Å². The zero-order valence-electron chi connectivity index (χ0n) is 16.3. The Balaban J connectivity index is 1.84. The van der Waals surface area contributed by atoms with Crippen molar-refractivity contribution in [2.75, 3.05) is 12.0 Å². The third-order valence-corrected chi connectivity index (χ3v) is 5.93. The van der Waals surface area contributed by atoms with Crippen LogP contribution in [-0.2, 0) is 19.1 Å². The molecule has 0 unspecified atom stereocenters. The number of esters is 1. The Morgan fingerprint density at radius 2 is 1.76 bits per heavy atom. The molecule has 7 heteroatoms. The van der Waals surface area contributed by atoms with Crippen LogP contribution in [0.1, 0.15) is 24.1 Å². The van der Waals surface area contributed by atoms with E-state index >= 15 is 0 Å². The van der Waals surface area contributed by atoms with Crippen LogP contribution < -0.4 is 10.2 Å². The normalized spacial score (nSPS) is 28.6. The molecule has 2 aliphatic heterocycles. The molecule has 2 heterocycles. The van der Waals surface area contributed by atoms with Crippen molar-refractivity contribution >= 4 is 23.5 Å². The average Bonchev–Trinajstić information content (AvgIpc) is 3.17. The lowest BCUT2D eigenvalue weighted by molar-refractivity contribution is -0.151. The van der Waals surface area contributed by atoms with Gasteiger partial charge in [0.05, 0.1) is 24.6 Å². The highest BCUT2D eigenvalue weighted by Gasteiger charge is 2.67. The number of amides is 2. The number of rotatable bonds is 3. The maximum atomic E-state index is 14.4. The van der Waals surface area contributed by atoms with Crippen LogP contribution >= 0.6 is 0 Å². The quantitative estimate of drug-likeness (QED) is 0.637. The molecule has 0 spiro atoms. The second kappa shape index (κ2) is 6.77. The molecule has 150 valence electrons. The molecule has 2 aromatic carbocycles. The predicted molar refractivity (Wildman–Crippen MR) is 103 cm³/mol. The molecule has 2 amide bonds. The number of hydrogen-bond donors (Lipinski definition) is 1. The second-order valence-electron chi connectivity index (χ2n) is 7.69. The van der Waals surface area contributed by atoms with Crippen molar-refractivity contribution < 1.29 is 23.5 Å². The summed E-state index contributed by atoms with van der Waals surface area (Å²) in [6.07, 6.45) is 0. The van der Waals surface area contributed by atoms with Crippen LogP contribution in [0.4, 0.5) is 10.1 Å². The molecule has 4 atom stereocenters. The number of hydrogen-bond acceptors (Lipinski definition) is 5. The number of halogens is 1. The van der Waals surface area contributed by atoms with Gasteiger partial charge in [0, 0.05) is 6.04 Å². The van der Waals surface area contributed by atoms with E-state index in [4.69, 9.17) is 4.74 Å². The minimum atomic E-state index is -1.41. The monoisotopic (exact) mass is 396 g/mol. The minimum Gasteiger partial charge on any atom is -0.468 e. The average molecular weight is 396 g/mol. The molecule has 0 aliphatic carbocycles. The first-order chi connectivity index (χ1) is 13.8. The number of aryl methyl sites for hydroxylation is 1. The van der Waals surface area contributed by atoms with Gasteiger partial charge in [-0.05, 0) is 31.5 Å². The van der Waals surface area contributed by atoms with E-state index in [2.05, 4.69) is 5.32 Å². The van der Waals surface area contributed by atoms with Gasteiger partial charge in [0.15, 0.2) is 0 Å². The lowest BCUT2D eigenvalue weighted by atomic mass is 9.80. The molecule has 2 aromatic rings. The van der Waals surface area contributed by atoms with Gasteiger partial charge >= 0.3 is 5.97 Å². The van der Waals surface area contributed by atoms with Gasteiger partial charge in [-0.1, -0.05) is 42.0 Å². The fraction of sp³-hybridized carbons (Fsp3) is 0.318. The fourth-order valence-electron chi connectivity index (χ4n) is 4.47. The van der Waals surface area contributed by atoms with Gasteiger partial charge in [-0.2, -0.15) is 0 Å². The van der Waals surface area contributed by atoms with Crippen LogP contribution in [0.3, 0.4) is 0 Å². The van der Waals surface area contributed by atoms with Crippen LogP contribution in [0.25, 0.3) is 0 Å². The summed E-state index contributed by atoms with van der Waals surface area (Å²) >= 11 is 0. The third kappa shape index (κ3) is 2.76. The second-order valence-corrected chi connectivity index (χ2v) is 7.69. The highest BCUT2D eigenvalue weighted by atomic mass is 19.1. The molecular weight excluding hydrogens is 375 g/mol. The van der Waals surface area contributed by atoms with Crippen molar-refractivity contribution in [1.82, 2.24) is 5.32 Å². The Kier molecular flexibility index (Phi) is 4.50. The first kappa shape index (κ1) is 19.3. The molecular formula is C22H21FN2O4. The number of imide groups is 1. The van der Waals surface area contributed by atoms with Crippen molar-refractivity contribution in [3.8, 4) is 0 Å². The Morgan fingerprint density at radius 1 is 1.10 bits per heavy atom. The van der Waals surface area contributed by atoms with Crippen LogP contribution in [-0.4, -0.2) is 30.4 Å². The summed E-state index contributed by atoms with van der Waals surface area (Å²) in [5.74, 6) is -4.31. The largest absolute Gasteiger partial charge is 0.468 e. The molecule has 0 aromatic heterocycles. The molecule has 2 saturated heterocycles. The summed E-state index contributed by atoms with van der Waals surface area (Å²) in [4.78, 5) is 40.2. The first-order valence-electron chi connectivity index (χ1n) is 9.34. The Morgan fingerprint density at radius 3 is 2.38 bits per heavy atom. The van der Waals surface area contributed by atoms with E-state index in [1.165, 1.54) is 25.3 Å². The number of para-hydroxylation sites is 1. The molecule has 2 fully saturated rings. The van der Waals surface area contributed by atoms with Crippen LogP contribution in [0, 0.1) is 24.6 Å². The van der Waals surface area contributed by atoms with Gasteiger partial charge in [0.2, 0.25) is 11.8 Å². The number of fused-ring (bicyclic) bond motifs is 1. The van der Waals surface area contributed by atoms with E-state index in [1.54, 1.807) is 13.0 Å². The van der Waals surface area contributed by atoms with Gasteiger partial charge < -0.3 is 4.74 Å². The first-order valence-corrected chi connectivity index (χ1v) is 9.34.